The SMILES string of the molecule is C#CCBr.C#CCOc1ccc(S(C)(=O)=O)cc1.CS(=O)(=O)c1ccc(O)cc1. The molecule has 0 saturated heterocycles. The molecule has 0 amide bonds. The highest BCUT2D eigenvalue weighted by Gasteiger charge is 2.06. The number of sulfone groups is 2. The zero-order valence-electron chi connectivity index (χ0n) is 15.9. The van der Waals surface area contributed by atoms with E-state index < -0.39 is 19.7 Å². The summed E-state index contributed by atoms with van der Waals surface area (Å²) in [5.74, 6) is 5.30. The fraction of sp³-hybridized carbons (Fsp3) is 0.200. The molecule has 0 aliphatic rings. The topological polar surface area (TPSA) is 97.7 Å². The second-order valence-corrected chi connectivity index (χ2v) is 9.93. The fourth-order valence-electron chi connectivity index (χ4n) is 1.60. The van der Waals surface area contributed by atoms with Crippen molar-refractivity contribution in [1.29, 1.82) is 0 Å². The van der Waals surface area contributed by atoms with E-state index >= 15 is 0 Å². The van der Waals surface area contributed by atoms with Crippen molar-refractivity contribution < 1.29 is 26.7 Å². The summed E-state index contributed by atoms with van der Waals surface area (Å²) >= 11 is 3.01. The Morgan fingerprint density at radius 1 is 0.862 bits per heavy atom. The molecule has 6 nitrogen and oxygen atoms in total. The number of phenols is 1. The van der Waals surface area contributed by atoms with Crippen LogP contribution in [0.5, 0.6) is 11.5 Å². The largest absolute Gasteiger partial charge is 0.508 e. The molecule has 0 aliphatic heterocycles. The Balaban J connectivity index is 0.000000466. The minimum absolute atomic E-state index is 0.0670. The van der Waals surface area contributed by atoms with Gasteiger partial charge < -0.3 is 9.84 Å². The van der Waals surface area contributed by atoms with Gasteiger partial charge in [-0.3, -0.25) is 0 Å². The third-order valence-electron chi connectivity index (χ3n) is 2.92. The van der Waals surface area contributed by atoms with E-state index in [0.717, 1.165) is 12.5 Å². The molecular formula is C20H21BrO6S2. The number of alkyl halides is 1. The lowest BCUT2D eigenvalue weighted by Crippen LogP contribution is -1.97. The van der Waals surface area contributed by atoms with Crippen LogP contribution in [0, 0.1) is 24.7 Å². The van der Waals surface area contributed by atoms with E-state index in [9.17, 15) is 16.8 Å². The zero-order chi connectivity index (χ0) is 22.5. The average molecular weight is 501 g/mol. The van der Waals surface area contributed by atoms with Crippen molar-refractivity contribution in [3.8, 4) is 36.2 Å². The van der Waals surface area contributed by atoms with Crippen LogP contribution in [0.2, 0.25) is 0 Å². The van der Waals surface area contributed by atoms with E-state index in [0.29, 0.717) is 11.1 Å². The highest BCUT2D eigenvalue weighted by atomic mass is 79.9. The highest BCUT2D eigenvalue weighted by molar-refractivity contribution is 9.09. The van der Waals surface area contributed by atoms with Gasteiger partial charge in [-0.25, -0.2) is 16.8 Å². The van der Waals surface area contributed by atoms with E-state index in [4.69, 9.17) is 22.7 Å². The van der Waals surface area contributed by atoms with Gasteiger partial charge in [-0.05, 0) is 48.5 Å². The molecule has 0 atom stereocenters. The second-order valence-electron chi connectivity index (χ2n) is 5.34. The maximum Gasteiger partial charge on any atom is 0.175 e. The molecule has 0 aromatic heterocycles. The molecule has 2 aromatic carbocycles. The van der Waals surface area contributed by atoms with Gasteiger partial charge in [0.05, 0.1) is 15.1 Å². The van der Waals surface area contributed by atoms with Crippen molar-refractivity contribution in [3.63, 3.8) is 0 Å². The molecule has 9 heteroatoms. The molecule has 0 fully saturated rings. The van der Waals surface area contributed by atoms with Gasteiger partial charge in [-0.15, -0.1) is 12.8 Å². The molecule has 0 unspecified atom stereocenters. The van der Waals surface area contributed by atoms with Crippen LogP contribution >= 0.6 is 15.9 Å². The lowest BCUT2D eigenvalue weighted by molar-refractivity contribution is 0.370. The number of rotatable bonds is 4. The number of benzene rings is 2. The number of ether oxygens (including phenoxy) is 1. The van der Waals surface area contributed by atoms with Crippen molar-refractivity contribution in [1.82, 2.24) is 0 Å². The number of terminal acetylenes is 2. The maximum absolute atomic E-state index is 11.1. The number of hydrogen-bond donors (Lipinski definition) is 1. The molecule has 1 N–H and O–H groups in total. The summed E-state index contributed by atoms with van der Waals surface area (Å²) in [6, 6.07) is 11.5. The maximum atomic E-state index is 11.1. The summed E-state index contributed by atoms with van der Waals surface area (Å²) in [5.41, 5.74) is 0. The van der Waals surface area contributed by atoms with E-state index in [1.807, 2.05) is 0 Å². The molecule has 29 heavy (non-hydrogen) atoms. The summed E-state index contributed by atoms with van der Waals surface area (Å²) in [6.07, 6.45) is 12.0. The Hall–Kier alpha value is -2.46. The Kier molecular flexibility index (Phi) is 11.8. The summed E-state index contributed by atoms with van der Waals surface area (Å²) in [4.78, 5) is 0.487. The van der Waals surface area contributed by atoms with Crippen LogP contribution in [-0.2, 0) is 19.7 Å². The van der Waals surface area contributed by atoms with Crippen LogP contribution in [-0.4, -0.2) is 46.4 Å². The minimum atomic E-state index is -3.14. The van der Waals surface area contributed by atoms with Gasteiger partial charge in [-0.1, -0.05) is 27.8 Å². The normalized spacial score (nSPS) is 10.1. The molecular weight excluding hydrogens is 480 g/mol. The molecule has 2 rings (SSSR count). The summed E-state index contributed by atoms with van der Waals surface area (Å²) in [5, 5.41) is 9.49. The first-order chi connectivity index (χ1) is 13.5. The molecule has 0 radical (unpaired) electrons. The third-order valence-corrected chi connectivity index (χ3v) is 5.50. The van der Waals surface area contributed by atoms with Crippen LogP contribution in [0.3, 0.4) is 0 Å². The van der Waals surface area contributed by atoms with Crippen LogP contribution in [0.25, 0.3) is 0 Å². The zero-order valence-corrected chi connectivity index (χ0v) is 19.1. The van der Waals surface area contributed by atoms with Gasteiger partial charge >= 0.3 is 0 Å². The summed E-state index contributed by atoms with van der Waals surface area (Å²) in [7, 11) is -6.27. The van der Waals surface area contributed by atoms with Crippen LogP contribution in [0.15, 0.2) is 58.3 Å². The standard InChI is InChI=1S/C10H10O3S.C7H8O3S.C3H3Br/c1-3-8-13-9-4-6-10(7-5-9)14(2,11)12;1-11(9,10)7-4-2-6(8)3-5-7;1-2-3-4/h1,4-7H,8H2,2H3;2-5,8H,1H3;1H,3H2. The summed E-state index contributed by atoms with van der Waals surface area (Å²) < 4.78 is 49.0. The van der Waals surface area contributed by atoms with Crippen molar-refractivity contribution in [2.75, 3.05) is 24.4 Å². The predicted octanol–water partition coefficient (Wildman–Crippen LogP) is 2.91. The van der Waals surface area contributed by atoms with Crippen molar-refractivity contribution in [2.45, 2.75) is 9.79 Å². The quantitative estimate of drug-likeness (QED) is 0.511. The Morgan fingerprint density at radius 3 is 1.55 bits per heavy atom. The molecule has 0 saturated carbocycles. The van der Waals surface area contributed by atoms with E-state index in [2.05, 4.69) is 27.8 Å². The van der Waals surface area contributed by atoms with Crippen molar-refractivity contribution in [3.05, 3.63) is 48.5 Å². The Bertz CT molecular complexity index is 1040. The fourth-order valence-corrected chi connectivity index (χ4v) is 2.86. The smallest absolute Gasteiger partial charge is 0.175 e. The second kappa shape index (κ2) is 12.9. The number of hydrogen-bond acceptors (Lipinski definition) is 6. The molecule has 2 aromatic rings. The van der Waals surface area contributed by atoms with Crippen LogP contribution < -0.4 is 4.74 Å². The Morgan fingerprint density at radius 2 is 1.24 bits per heavy atom. The first-order valence-corrected chi connectivity index (χ1v) is 12.7. The third kappa shape index (κ3) is 11.9. The lowest BCUT2D eigenvalue weighted by Gasteiger charge is -2.02. The molecule has 0 heterocycles. The van der Waals surface area contributed by atoms with Gasteiger partial charge in [0.15, 0.2) is 19.7 Å². The molecule has 0 bridgehead atoms. The van der Waals surface area contributed by atoms with Crippen LogP contribution in [0.4, 0.5) is 0 Å². The first kappa shape index (κ1) is 26.5. The number of aromatic hydroxyl groups is 1. The van der Waals surface area contributed by atoms with Gasteiger partial charge in [0.1, 0.15) is 18.1 Å². The minimum Gasteiger partial charge on any atom is -0.508 e. The predicted molar refractivity (Wildman–Crippen MR) is 118 cm³/mol. The monoisotopic (exact) mass is 500 g/mol. The lowest BCUT2D eigenvalue weighted by atomic mass is 10.3. The Labute approximate surface area is 180 Å². The number of halogens is 1. The highest BCUT2D eigenvalue weighted by Crippen LogP contribution is 2.15. The molecule has 156 valence electrons. The first-order valence-electron chi connectivity index (χ1n) is 7.80. The van der Waals surface area contributed by atoms with E-state index in [1.165, 1.54) is 36.4 Å². The van der Waals surface area contributed by atoms with Gasteiger partial charge in [0.2, 0.25) is 0 Å². The van der Waals surface area contributed by atoms with E-state index in [1.54, 1.807) is 12.1 Å². The average Bonchev–Trinajstić information content (AvgIpc) is 2.66. The van der Waals surface area contributed by atoms with Gasteiger partial charge in [0.25, 0.3) is 0 Å². The van der Waals surface area contributed by atoms with Gasteiger partial charge in [0, 0.05) is 12.5 Å². The van der Waals surface area contributed by atoms with Crippen molar-refractivity contribution in [2.24, 2.45) is 0 Å². The summed E-state index contributed by atoms with van der Waals surface area (Å²) in [6.45, 7) is 0.179. The van der Waals surface area contributed by atoms with Crippen LogP contribution in [0.1, 0.15) is 0 Å². The molecule has 0 spiro atoms. The van der Waals surface area contributed by atoms with E-state index in [-0.39, 0.29) is 22.1 Å². The molecule has 0 aliphatic carbocycles. The van der Waals surface area contributed by atoms with Gasteiger partial charge in [-0.2, -0.15) is 0 Å². The number of phenolic OH excluding ortho intramolecular Hbond substituents is 1. The van der Waals surface area contributed by atoms with Crippen molar-refractivity contribution >= 4 is 35.6 Å².